The van der Waals surface area contributed by atoms with Crippen molar-refractivity contribution in [2.45, 2.75) is 51.9 Å². The molecule has 0 aliphatic heterocycles. The zero-order valence-electron chi connectivity index (χ0n) is 11.0. The molecule has 1 rings (SSSR count). The van der Waals surface area contributed by atoms with Gasteiger partial charge in [0.25, 0.3) is 0 Å². The molecule has 102 valence electrons. The molecule has 0 fully saturated rings. The molecule has 0 aromatic carbocycles. The van der Waals surface area contributed by atoms with E-state index >= 15 is 0 Å². The highest BCUT2D eigenvalue weighted by atomic mass is 32.1. The smallest absolute Gasteiger partial charge is 0.346 e. The van der Waals surface area contributed by atoms with Gasteiger partial charge in [0.1, 0.15) is 10.6 Å². The van der Waals surface area contributed by atoms with Crippen LogP contribution in [0.4, 0.5) is 0 Å². The maximum absolute atomic E-state index is 10.7. The summed E-state index contributed by atoms with van der Waals surface area (Å²) in [5.74, 6) is -0.200. The van der Waals surface area contributed by atoms with Gasteiger partial charge in [0.2, 0.25) is 0 Å². The largest absolute Gasteiger partial charge is 0.493 e. The number of thiophene rings is 1. The van der Waals surface area contributed by atoms with Crippen LogP contribution in [0.1, 0.15) is 61.5 Å². The number of carboxylic acid groups (broad SMARTS) is 1. The molecule has 1 aromatic rings. The first-order chi connectivity index (χ1) is 8.74. The molecule has 0 unspecified atom stereocenters. The van der Waals surface area contributed by atoms with Gasteiger partial charge in [0.05, 0.1) is 6.61 Å². The summed E-state index contributed by atoms with van der Waals surface area (Å²) in [7, 11) is 0. The molecule has 4 heteroatoms. The molecule has 0 atom stereocenters. The fraction of sp³-hybridized carbons (Fsp3) is 0.643. The lowest BCUT2D eigenvalue weighted by Gasteiger charge is -2.03. The summed E-state index contributed by atoms with van der Waals surface area (Å²) in [4.78, 5) is 11.0. The standard InChI is InChI=1S/C14H22O3S/c1-2-3-4-5-6-7-8-9-17-12-10-13(14(15)16)18-11-12/h10-11H,2-9H2,1H3,(H,15,16). The molecule has 0 aliphatic carbocycles. The fourth-order valence-electron chi connectivity index (χ4n) is 1.76. The second kappa shape index (κ2) is 8.97. The average Bonchev–Trinajstić information content (AvgIpc) is 2.81. The molecule has 0 aliphatic rings. The van der Waals surface area contributed by atoms with E-state index in [0.29, 0.717) is 17.2 Å². The van der Waals surface area contributed by atoms with E-state index in [1.807, 2.05) is 0 Å². The molecule has 3 nitrogen and oxygen atoms in total. The van der Waals surface area contributed by atoms with Crippen molar-refractivity contribution in [1.82, 2.24) is 0 Å². The van der Waals surface area contributed by atoms with E-state index in [0.717, 1.165) is 6.42 Å². The van der Waals surface area contributed by atoms with E-state index in [1.54, 1.807) is 11.4 Å². The highest BCUT2D eigenvalue weighted by Crippen LogP contribution is 2.21. The van der Waals surface area contributed by atoms with Gasteiger partial charge < -0.3 is 9.84 Å². The molecule has 0 saturated heterocycles. The second-order valence-corrected chi connectivity index (χ2v) is 5.33. The number of hydrogen-bond donors (Lipinski definition) is 1. The molecule has 1 aromatic heterocycles. The summed E-state index contributed by atoms with van der Waals surface area (Å²) in [6.45, 7) is 2.91. The summed E-state index contributed by atoms with van der Waals surface area (Å²) in [6, 6.07) is 1.59. The first kappa shape index (κ1) is 15.0. The van der Waals surface area contributed by atoms with Crippen LogP contribution in [0.5, 0.6) is 5.75 Å². The van der Waals surface area contributed by atoms with Gasteiger partial charge in [-0.1, -0.05) is 45.4 Å². The van der Waals surface area contributed by atoms with Crippen LogP contribution in [0.25, 0.3) is 0 Å². The Morgan fingerprint density at radius 1 is 1.22 bits per heavy atom. The van der Waals surface area contributed by atoms with Crippen LogP contribution in [0.2, 0.25) is 0 Å². The number of aromatic carboxylic acids is 1. The van der Waals surface area contributed by atoms with Crippen LogP contribution in [0.3, 0.4) is 0 Å². The monoisotopic (exact) mass is 270 g/mol. The third-order valence-electron chi connectivity index (χ3n) is 2.80. The zero-order valence-corrected chi connectivity index (χ0v) is 11.8. The van der Waals surface area contributed by atoms with Gasteiger partial charge in [-0.25, -0.2) is 4.79 Å². The number of carbonyl (C=O) groups is 1. The van der Waals surface area contributed by atoms with Crippen LogP contribution in [-0.2, 0) is 0 Å². The Morgan fingerprint density at radius 2 is 1.89 bits per heavy atom. The van der Waals surface area contributed by atoms with Crippen molar-refractivity contribution in [3.63, 3.8) is 0 Å². The Hall–Kier alpha value is -1.03. The summed E-state index contributed by atoms with van der Waals surface area (Å²) in [6.07, 6.45) is 8.78. The summed E-state index contributed by atoms with van der Waals surface area (Å²) in [5.41, 5.74) is 0. The Kier molecular flexibility index (Phi) is 7.49. The highest BCUT2D eigenvalue weighted by molar-refractivity contribution is 7.12. The van der Waals surface area contributed by atoms with Crippen molar-refractivity contribution >= 4 is 17.3 Å². The first-order valence-electron chi connectivity index (χ1n) is 6.68. The van der Waals surface area contributed by atoms with E-state index in [-0.39, 0.29) is 0 Å². The van der Waals surface area contributed by atoms with Crippen LogP contribution in [0, 0.1) is 0 Å². The molecule has 18 heavy (non-hydrogen) atoms. The lowest BCUT2D eigenvalue weighted by Crippen LogP contribution is -1.96. The van der Waals surface area contributed by atoms with Crippen LogP contribution in [-0.4, -0.2) is 17.7 Å². The van der Waals surface area contributed by atoms with Crippen molar-refractivity contribution in [2.24, 2.45) is 0 Å². The maximum Gasteiger partial charge on any atom is 0.346 e. The Morgan fingerprint density at radius 3 is 2.50 bits per heavy atom. The quantitative estimate of drug-likeness (QED) is 0.633. The van der Waals surface area contributed by atoms with Gasteiger partial charge in [-0.05, 0) is 6.42 Å². The molecule has 0 radical (unpaired) electrons. The molecular formula is C14H22O3S. The summed E-state index contributed by atoms with van der Waals surface area (Å²) in [5, 5.41) is 10.5. The SMILES string of the molecule is CCCCCCCCCOc1csc(C(=O)O)c1. The van der Waals surface area contributed by atoms with Gasteiger partial charge in [-0.15, -0.1) is 11.3 Å². The van der Waals surface area contributed by atoms with Gasteiger partial charge in [-0.3, -0.25) is 0 Å². The molecule has 0 amide bonds. The van der Waals surface area contributed by atoms with Crippen molar-refractivity contribution in [2.75, 3.05) is 6.61 Å². The van der Waals surface area contributed by atoms with Crippen molar-refractivity contribution in [1.29, 1.82) is 0 Å². The number of ether oxygens (including phenoxy) is 1. The topological polar surface area (TPSA) is 46.5 Å². The number of unbranched alkanes of at least 4 members (excludes halogenated alkanes) is 6. The van der Waals surface area contributed by atoms with E-state index in [2.05, 4.69) is 6.92 Å². The normalized spacial score (nSPS) is 10.5. The van der Waals surface area contributed by atoms with Crippen LogP contribution >= 0.6 is 11.3 Å². The predicted octanol–water partition coefficient (Wildman–Crippen LogP) is 4.58. The number of carboxylic acids is 1. The first-order valence-corrected chi connectivity index (χ1v) is 7.56. The minimum absolute atomic E-state index is 0.338. The van der Waals surface area contributed by atoms with Crippen LogP contribution < -0.4 is 4.74 Å². The lowest BCUT2D eigenvalue weighted by atomic mass is 10.1. The molecule has 1 heterocycles. The van der Waals surface area contributed by atoms with Gasteiger partial charge in [-0.2, -0.15) is 0 Å². The van der Waals surface area contributed by atoms with Crippen molar-refractivity contribution in [3.8, 4) is 5.75 Å². The van der Waals surface area contributed by atoms with Crippen molar-refractivity contribution < 1.29 is 14.6 Å². The second-order valence-electron chi connectivity index (χ2n) is 4.42. The fourth-order valence-corrected chi connectivity index (χ4v) is 2.42. The van der Waals surface area contributed by atoms with Crippen LogP contribution in [0.15, 0.2) is 11.4 Å². The molecule has 0 saturated carbocycles. The van der Waals surface area contributed by atoms with Crippen molar-refractivity contribution in [3.05, 3.63) is 16.3 Å². The predicted molar refractivity (Wildman–Crippen MR) is 74.8 cm³/mol. The van der Waals surface area contributed by atoms with Gasteiger partial charge in [0.15, 0.2) is 0 Å². The molecular weight excluding hydrogens is 248 g/mol. The number of hydrogen-bond acceptors (Lipinski definition) is 3. The highest BCUT2D eigenvalue weighted by Gasteiger charge is 2.06. The molecule has 0 spiro atoms. The van der Waals surface area contributed by atoms with Gasteiger partial charge in [0, 0.05) is 11.4 Å². The molecule has 1 N–H and O–H groups in total. The minimum Gasteiger partial charge on any atom is -0.493 e. The summed E-state index contributed by atoms with van der Waals surface area (Å²) >= 11 is 1.21. The van der Waals surface area contributed by atoms with E-state index in [9.17, 15) is 4.79 Å². The van der Waals surface area contributed by atoms with Gasteiger partial charge >= 0.3 is 5.97 Å². The third-order valence-corrected chi connectivity index (χ3v) is 3.70. The number of rotatable bonds is 10. The lowest BCUT2D eigenvalue weighted by molar-refractivity contribution is 0.0702. The maximum atomic E-state index is 10.7. The summed E-state index contributed by atoms with van der Waals surface area (Å²) < 4.78 is 5.51. The van der Waals surface area contributed by atoms with E-state index in [4.69, 9.17) is 9.84 Å². The molecule has 0 bridgehead atoms. The zero-order chi connectivity index (χ0) is 13.2. The van der Waals surface area contributed by atoms with E-state index in [1.165, 1.54) is 49.9 Å². The van der Waals surface area contributed by atoms with E-state index < -0.39 is 5.97 Å². The average molecular weight is 270 g/mol. The minimum atomic E-state index is -0.884. The Balaban J connectivity index is 2.02. The Bertz CT molecular complexity index is 347. The Labute approximate surface area is 113 Å². The third kappa shape index (κ3) is 6.05.